The lowest BCUT2D eigenvalue weighted by atomic mass is 10.2. The summed E-state index contributed by atoms with van der Waals surface area (Å²) in [6.45, 7) is 0. The number of halogens is 1. The van der Waals surface area contributed by atoms with Crippen molar-refractivity contribution in [1.29, 1.82) is 0 Å². The Hall–Kier alpha value is -4.49. The number of nitrogens with one attached hydrogen (secondary N) is 2. The molecule has 0 aliphatic heterocycles. The number of amides is 2. The van der Waals surface area contributed by atoms with Crippen LogP contribution < -0.4 is 10.7 Å². The number of carbonyl (C=O) groups excluding carboxylic acids is 2. The number of allylic oxidation sites excluding steroid dienone is 2. The van der Waals surface area contributed by atoms with E-state index in [9.17, 15) is 9.59 Å². The molecule has 36 heavy (non-hydrogen) atoms. The molecule has 1 heterocycles. The molecule has 0 bridgehead atoms. The molecule has 1 aromatic heterocycles. The molecular weight excluding hydrogens is 518 g/mol. The monoisotopic (exact) mass is 539 g/mol. The Morgan fingerprint density at radius 1 is 0.833 bits per heavy atom. The first-order valence-corrected chi connectivity index (χ1v) is 11.9. The van der Waals surface area contributed by atoms with Crippen LogP contribution >= 0.6 is 15.9 Å². The van der Waals surface area contributed by atoms with E-state index < -0.39 is 11.8 Å². The van der Waals surface area contributed by atoms with Crippen LogP contribution in [0.3, 0.4) is 0 Å². The molecular formula is C29H22BrN3O3. The third kappa shape index (κ3) is 7.01. The van der Waals surface area contributed by atoms with Crippen LogP contribution in [-0.2, 0) is 4.79 Å². The van der Waals surface area contributed by atoms with Crippen molar-refractivity contribution in [2.24, 2.45) is 5.10 Å². The Bertz CT molecular complexity index is 1410. The van der Waals surface area contributed by atoms with Gasteiger partial charge < -0.3 is 9.73 Å². The van der Waals surface area contributed by atoms with Gasteiger partial charge in [-0.2, -0.15) is 5.10 Å². The highest BCUT2D eigenvalue weighted by Gasteiger charge is 2.13. The molecule has 0 spiro atoms. The average molecular weight is 540 g/mol. The quantitative estimate of drug-likeness (QED) is 0.121. The summed E-state index contributed by atoms with van der Waals surface area (Å²) in [5, 5.41) is 6.64. The van der Waals surface area contributed by atoms with Gasteiger partial charge in [-0.3, -0.25) is 9.59 Å². The summed E-state index contributed by atoms with van der Waals surface area (Å²) in [5.74, 6) is 0.167. The molecule has 3 aromatic carbocycles. The number of nitrogens with zero attached hydrogens (tertiary/aromatic N) is 1. The second kappa shape index (κ2) is 12.3. The number of hydrogen-bond donors (Lipinski definition) is 2. The van der Waals surface area contributed by atoms with Gasteiger partial charge in [0.05, 0.1) is 6.21 Å². The fourth-order valence-corrected chi connectivity index (χ4v) is 3.45. The lowest BCUT2D eigenvalue weighted by Gasteiger charge is -2.08. The van der Waals surface area contributed by atoms with Crippen LogP contribution in [0.1, 0.15) is 21.7 Å². The summed E-state index contributed by atoms with van der Waals surface area (Å²) in [4.78, 5) is 25.5. The molecule has 2 amide bonds. The molecule has 0 saturated carbocycles. The molecule has 4 aromatic rings. The fourth-order valence-electron chi connectivity index (χ4n) is 3.18. The lowest BCUT2D eigenvalue weighted by molar-refractivity contribution is -0.117. The summed E-state index contributed by atoms with van der Waals surface area (Å²) < 4.78 is 6.75. The maximum Gasteiger partial charge on any atom is 0.287 e. The first-order valence-electron chi connectivity index (χ1n) is 11.1. The molecule has 2 N–H and O–H groups in total. The minimum Gasteiger partial charge on any atom is -0.455 e. The van der Waals surface area contributed by atoms with Gasteiger partial charge in [0.25, 0.3) is 11.8 Å². The summed E-state index contributed by atoms with van der Waals surface area (Å²) in [5.41, 5.74) is 4.79. The maximum atomic E-state index is 12.8. The predicted molar refractivity (Wildman–Crippen MR) is 145 cm³/mol. The van der Waals surface area contributed by atoms with Crippen molar-refractivity contribution < 1.29 is 14.0 Å². The fraction of sp³-hybridized carbons (Fsp3) is 0. The highest BCUT2D eigenvalue weighted by Crippen LogP contribution is 2.23. The SMILES string of the molecule is O=C(NN=Cc1ccc(-c2ccc(Br)cc2)o1)C(=CC=Cc1ccccc1)NC(=O)c1ccccc1. The van der Waals surface area contributed by atoms with Crippen molar-refractivity contribution in [3.8, 4) is 11.3 Å². The van der Waals surface area contributed by atoms with Gasteiger partial charge in [-0.25, -0.2) is 5.43 Å². The van der Waals surface area contributed by atoms with E-state index in [4.69, 9.17) is 4.42 Å². The zero-order valence-corrected chi connectivity index (χ0v) is 20.7. The van der Waals surface area contributed by atoms with Gasteiger partial charge in [0.2, 0.25) is 0 Å². The van der Waals surface area contributed by atoms with E-state index in [0.717, 1.165) is 15.6 Å². The zero-order chi connectivity index (χ0) is 25.2. The van der Waals surface area contributed by atoms with Crippen LogP contribution in [0.4, 0.5) is 0 Å². The molecule has 0 fully saturated rings. The van der Waals surface area contributed by atoms with Gasteiger partial charge in [-0.05, 0) is 48.0 Å². The van der Waals surface area contributed by atoms with Crippen molar-refractivity contribution in [3.63, 3.8) is 0 Å². The zero-order valence-electron chi connectivity index (χ0n) is 19.1. The highest BCUT2D eigenvalue weighted by molar-refractivity contribution is 9.10. The molecule has 0 aliphatic rings. The maximum absolute atomic E-state index is 12.8. The molecule has 0 unspecified atom stereocenters. The molecule has 6 nitrogen and oxygen atoms in total. The van der Waals surface area contributed by atoms with Crippen LogP contribution in [0.15, 0.2) is 129 Å². The predicted octanol–water partition coefficient (Wildman–Crippen LogP) is 6.19. The van der Waals surface area contributed by atoms with E-state index in [2.05, 4.69) is 31.8 Å². The van der Waals surface area contributed by atoms with Gasteiger partial charge in [0.15, 0.2) is 0 Å². The van der Waals surface area contributed by atoms with Crippen LogP contribution in [0, 0.1) is 0 Å². The highest BCUT2D eigenvalue weighted by atomic mass is 79.9. The minimum atomic E-state index is -0.576. The Morgan fingerprint density at radius 2 is 1.53 bits per heavy atom. The number of benzene rings is 3. The van der Waals surface area contributed by atoms with Crippen molar-refractivity contribution in [2.75, 3.05) is 0 Å². The molecule has 178 valence electrons. The van der Waals surface area contributed by atoms with Gasteiger partial charge in [-0.15, -0.1) is 0 Å². The van der Waals surface area contributed by atoms with Gasteiger partial charge >= 0.3 is 0 Å². The Balaban J connectivity index is 1.46. The second-order valence-corrected chi connectivity index (χ2v) is 8.49. The van der Waals surface area contributed by atoms with Crippen molar-refractivity contribution in [1.82, 2.24) is 10.7 Å². The molecule has 0 aliphatic carbocycles. The summed E-state index contributed by atoms with van der Waals surface area (Å²) >= 11 is 3.41. The van der Waals surface area contributed by atoms with E-state index in [0.29, 0.717) is 17.1 Å². The van der Waals surface area contributed by atoms with E-state index >= 15 is 0 Å². The minimum absolute atomic E-state index is 0.0446. The number of hydrazone groups is 1. The molecule has 0 atom stereocenters. The first-order chi connectivity index (χ1) is 17.6. The first kappa shape index (κ1) is 24.6. The molecule has 0 radical (unpaired) electrons. The molecule has 0 saturated heterocycles. The van der Waals surface area contributed by atoms with E-state index in [-0.39, 0.29) is 5.70 Å². The smallest absolute Gasteiger partial charge is 0.287 e. The largest absolute Gasteiger partial charge is 0.455 e. The van der Waals surface area contributed by atoms with Gasteiger partial charge in [-0.1, -0.05) is 88.7 Å². The van der Waals surface area contributed by atoms with E-state index in [1.165, 1.54) is 12.3 Å². The van der Waals surface area contributed by atoms with Crippen LogP contribution in [0.25, 0.3) is 17.4 Å². The number of hydrogen-bond acceptors (Lipinski definition) is 4. The van der Waals surface area contributed by atoms with Crippen molar-refractivity contribution in [3.05, 3.63) is 136 Å². The van der Waals surface area contributed by atoms with Gasteiger partial charge in [0.1, 0.15) is 17.2 Å². The van der Waals surface area contributed by atoms with Crippen LogP contribution in [-0.4, -0.2) is 18.0 Å². The summed E-state index contributed by atoms with van der Waals surface area (Å²) in [7, 11) is 0. The topological polar surface area (TPSA) is 83.7 Å². The molecule has 7 heteroatoms. The standard InChI is InChI=1S/C29H22BrN3O3/c30-24-16-14-22(15-17-24)27-19-18-25(36-27)20-31-33-29(35)26(13-7-10-21-8-3-1-4-9-21)32-28(34)23-11-5-2-6-12-23/h1-20H,(H,32,34)(H,33,35). The van der Waals surface area contributed by atoms with Crippen LogP contribution in [0.2, 0.25) is 0 Å². The summed E-state index contributed by atoms with van der Waals surface area (Å²) in [6, 6.07) is 29.6. The third-order valence-corrected chi connectivity index (χ3v) is 5.52. The third-order valence-electron chi connectivity index (χ3n) is 4.99. The van der Waals surface area contributed by atoms with Crippen molar-refractivity contribution in [2.45, 2.75) is 0 Å². The Morgan fingerprint density at radius 3 is 2.25 bits per heavy atom. The number of furan rings is 1. The van der Waals surface area contributed by atoms with Crippen LogP contribution in [0.5, 0.6) is 0 Å². The number of carbonyl (C=O) groups is 2. The second-order valence-electron chi connectivity index (χ2n) is 7.58. The molecule has 4 rings (SSSR count). The van der Waals surface area contributed by atoms with Crippen molar-refractivity contribution >= 4 is 40.0 Å². The Labute approximate surface area is 217 Å². The van der Waals surface area contributed by atoms with E-state index in [1.54, 1.807) is 36.4 Å². The lowest BCUT2D eigenvalue weighted by Crippen LogP contribution is -2.32. The summed E-state index contributed by atoms with van der Waals surface area (Å²) in [6.07, 6.45) is 6.45. The van der Waals surface area contributed by atoms with E-state index in [1.807, 2.05) is 72.8 Å². The normalized spacial score (nSPS) is 11.6. The van der Waals surface area contributed by atoms with Gasteiger partial charge in [0, 0.05) is 15.6 Å². The number of rotatable bonds is 8. The Kier molecular flexibility index (Phi) is 8.40. The average Bonchev–Trinajstić information content (AvgIpc) is 3.38.